The summed E-state index contributed by atoms with van der Waals surface area (Å²) in [5.41, 5.74) is 0.749. The second-order valence-electron chi connectivity index (χ2n) is 6.67. The Bertz CT molecular complexity index is 1010. The van der Waals surface area contributed by atoms with Crippen LogP contribution in [0.15, 0.2) is 37.1 Å². The molecule has 1 fully saturated rings. The second-order valence-corrected chi connectivity index (χ2v) is 7.07. The van der Waals surface area contributed by atoms with E-state index in [1.54, 1.807) is 23.3 Å². The zero-order chi connectivity index (χ0) is 20.6. The van der Waals surface area contributed by atoms with E-state index in [9.17, 15) is 13.2 Å². The van der Waals surface area contributed by atoms with Gasteiger partial charge in [0.1, 0.15) is 11.6 Å². The molecule has 1 saturated heterocycles. The molecule has 3 aromatic heterocycles. The van der Waals surface area contributed by atoms with Gasteiger partial charge in [-0.05, 0) is 6.07 Å². The topological polar surface area (TPSA) is 63.0 Å². The smallest absolute Gasteiger partial charge is 0.352 e. The van der Waals surface area contributed by atoms with Crippen LogP contribution in [-0.2, 0) is 13.2 Å². The van der Waals surface area contributed by atoms with Gasteiger partial charge in [0.05, 0.1) is 34.9 Å². The Morgan fingerprint density at radius 1 is 1.00 bits per heavy atom. The van der Waals surface area contributed by atoms with Gasteiger partial charge < -0.3 is 9.80 Å². The van der Waals surface area contributed by atoms with E-state index in [1.807, 2.05) is 18.1 Å². The molecule has 1 aliphatic rings. The summed E-state index contributed by atoms with van der Waals surface area (Å²) >= 11 is 6.06. The van der Waals surface area contributed by atoms with E-state index in [4.69, 9.17) is 11.6 Å². The minimum absolute atomic E-state index is 0.00774. The van der Waals surface area contributed by atoms with Gasteiger partial charge in [-0.25, -0.2) is 9.97 Å². The first-order chi connectivity index (χ1) is 13.8. The fraction of sp³-hybridized carbons (Fsp3) is 0.333. The molecule has 4 heterocycles. The highest BCUT2D eigenvalue weighted by molar-refractivity contribution is 6.33. The molecule has 0 aromatic carbocycles. The maximum Gasteiger partial charge on any atom is 0.417 e. The zero-order valence-corrected chi connectivity index (χ0v) is 16.2. The Kier molecular flexibility index (Phi) is 5.03. The molecular weight excluding hydrogens is 407 g/mol. The van der Waals surface area contributed by atoms with E-state index in [0.717, 1.165) is 29.3 Å². The van der Waals surface area contributed by atoms with E-state index in [2.05, 4.69) is 25.0 Å². The van der Waals surface area contributed by atoms with E-state index < -0.39 is 11.7 Å². The molecule has 0 unspecified atom stereocenters. The summed E-state index contributed by atoms with van der Waals surface area (Å²) in [5, 5.41) is 4.14. The predicted octanol–water partition coefficient (Wildman–Crippen LogP) is 3.27. The number of hydrogen-bond donors (Lipinski definition) is 0. The molecule has 0 radical (unpaired) electrons. The molecule has 0 atom stereocenters. The van der Waals surface area contributed by atoms with Gasteiger partial charge >= 0.3 is 6.18 Å². The van der Waals surface area contributed by atoms with Crippen molar-refractivity contribution in [1.29, 1.82) is 0 Å². The molecule has 0 bridgehead atoms. The van der Waals surface area contributed by atoms with Gasteiger partial charge in [-0.1, -0.05) is 11.6 Å². The van der Waals surface area contributed by atoms with Crippen molar-refractivity contribution in [3.63, 3.8) is 0 Å². The summed E-state index contributed by atoms with van der Waals surface area (Å²) < 4.78 is 40.1. The van der Waals surface area contributed by atoms with Crippen LogP contribution in [0.5, 0.6) is 0 Å². The SMILES string of the molecule is Cn1cc(-c2cncc(N3CCN(c4ncc(C(F)(F)F)cc4Cl)CC3)n2)cn1. The molecular formula is C18H17ClF3N7. The summed E-state index contributed by atoms with van der Waals surface area (Å²) in [6, 6.07) is 0.916. The predicted molar refractivity (Wildman–Crippen MR) is 103 cm³/mol. The Balaban J connectivity index is 1.46. The first kappa shape index (κ1) is 19.4. The highest BCUT2D eigenvalue weighted by Gasteiger charge is 2.32. The van der Waals surface area contributed by atoms with Crippen LogP contribution in [0, 0.1) is 0 Å². The zero-order valence-electron chi connectivity index (χ0n) is 15.4. The van der Waals surface area contributed by atoms with Crippen molar-refractivity contribution in [3.8, 4) is 11.3 Å². The second kappa shape index (κ2) is 7.51. The summed E-state index contributed by atoms with van der Waals surface area (Å²) in [5.74, 6) is 1.09. The summed E-state index contributed by atoms with van der Waals surface area (Å²) in [6.07, 6.45) is 3.32. The number of pyridine rings is 1. The van der Waals surface area contributed by atoms with E-state index in [-0.39, 0.29) is 5.02 Å². The van der Waals surface area contributed by atoms with E-state index in [1.165, 1.54) is 0 Å². The van der Waals surface area contributed by atoms with E-state index in [0.29, 0.717) is 32.0 Å². The van der Waals surface area contributed by atoms with Gasteiger partial charge in [-0.2, -0.15) is 18.3 Å². The molecule has 0 saturated carbocycles. The molecule has 0 spiro atoms. The molecule has 4 rings (SSSR count). The van der Waals surface area contributed by atoms with Crippen molar-refractivity contribution < 1.29 is 13.2 Å². The third-order valence-corrected chi connectivity index (χ3v) is 4.95. The monoisotopic (exact) mass is 423 g/mol. The van der Waals surface area contributed by atoms with Crippen molar-refractivity contribution in [3.05, 3.63) is 47.6 Å². The highest BCUT2D eigenvalue weighted by atomic mass is 35.5. The Hall–Kier alpha value is -2.88. The standard InChI is InChI=1S/C18H17ClF3N7/c1-27-11-12(7-25-27)15-9-23-10-16(26-15)28-2-4-29(5-3-28)17-14(19)6-13(8-24-17)18(20,21)22/h6-11H,2-5H2,1H3. The molecule has 152 valence electrons. The number of anilines is 2. The van der Waals surface area contributed by atoms with Crippen LogP contribution < -0.4 is 9.80 Å². The minimum Gasteiger partial charge on any atom is -0.352 e. The van der Waals surface area contributed by atoms with Crippen LogP contribution in [-0.4, -0.2) is 50.9 Å². The summed E-state index contributed by atoms with van der Waals surface area (Å²) in [4.78, 5) is 16.8. The van der Waals surface area contributed by atoms with Crippen LogP contribution in [0.2, 0.25) is 5.02 Å². The number of rotatable bonds is 3. The van der Waals surface area contributed by atoms with Crippen LogP contribution in [0.25, 0.3) is 11.3 Å². The molecule has 0 aliphatic carbocycles. The van der Waals surface area contributed by atoms with Crippen molar-refractivity contribution in [1.82, 2.24) is 24.7 Å². The summed E-state index contributed by atoms with van der Waals surface area (Å²) in [7, 11) is 1.83. The van der Waals surface area contributed by atoms with Crippen LogP contribution >= 0.6 is 11.6 Å². The van der Waals surface area contributed by atoms with Crippen LogP contribution in [0.1, 0.15) is 5.56 Å². The first-order valence-corrected chi connectivity index (χ1v) is 9.23. The average molecular weight is 424 g/mol. The van der Waals surface area contributed by atoms with Gasteiger partial charge in [0.25, 0.3) is 0 Å². The normalized spacial score (nSPS) is 15.1. The fourth-order valence-electron chi connectivity index (χ4n) is 3.17. The molecule has 7 nitrogen and oxygen atoms in total. The largest absolute Gasteiger partial charge is 0.417 e. The average Bonchev–Trinajstić information content (AvgIpc) is 3.14. The molecule has 0 N–H and O–H groups in total. The third kappa shape index (κ3) is 4.12. The van der Waals surface area contributed by atoms with Gasteiger partial charge in [0.2, 0.25) is 0 Å². The maximum absolute atomic E-state index is 12.8. The quantitative estimate of drug-likeness (QED) is 0.644. The number of halogens is 4. The van der Waals surface area contributed by atoms with Crippen molar-refractivity contribution in [2.75, 3.05) is 36.0 Å². The van der Waals surface area contributed by atoms with Crippen molar-refractivity contribution in [2.45, 2.75) is 6.18 Å². The molecule has 11 heteroatoms. The number of hydrogen-bond acceptors (Lipinski definition) is 6. The van der Waals surface area contributed by atoms with Gasteiger partial charge in [0, 0.05) is 51.2 Å². The fourth-order valence-corrected chi connectivity index (χ4v) is 3.45. The molecule has 1 aliphatic heterocycles. The lowest BCUT2D eigenvalue weighted by Crippen LogP contribution is -2.47. The Morgan fingerprint density at radius 3 is 2.34 bits per heavy atom. The van der Waals surface area contributed by atoms with Crippen LogP contribution in [0.3, 0.4) is 0 Å². The Labute approximate surface area is 169 Å². The Morgan fingerprint density at radius 2 is 1.72 bits per heavy atom. The van der Waals surface area contributed by atoms with Gasteiger partial charge in [-0.15, -0.1) is 0 Å². The lowest BCUT2D eigenvalue weighted by Gasteiger charge is -2.36. The number of aromatic nitrogens is 5. The number of aryl methyl sites for hydroxylation is 1. The third-order valence-electron chi connectivity index (χ3n) is 4.67. The lowest BCUT2D eigenvalue weighted by atomic mass is 10.2. The lowest BCUT2D eigenvalue weighted by molar-refractivity contribution is -0.137. The van der Waals surface area contributed by atoms with Gasteiger partial charge in [-0.3, -0.25) is 9.67 Å². The molecule has 3 aromatic rings. The van der Waals surface area contributed by atoms with Crippen molar-refractivity contribution >= 4 is 23.2 Å². The highest BCUT2D eigenvalue weighted by Crippen LogP contribution is 2.34. The van der Waals surface area contributed by atoms with Crippen molar-refractivity contribution in [2.24, 2.45) is 7.05 Å². The first-order valence-electron chi connectivity index (χ1n) is 8.85. The number of piperazine rings is 1. The summed E-state index contributed by atoms with van der Waals surface area (Å²) in [6.45, 7) is 2.34. The molecule has 29 heavy (non-hydrogen) atoms. The van der Waals surface area contributed by atoms with Gasteiger partial charge in [0.15, 0.2) is 0 Å². The van der Waals surface area contributed by atoms with Crippen LogP contribution in [0.4, 0.5) is 24.8 Å². The van der Waals surface area contributed by atoms with E-state index >= 15 is 0 Å². The maximum atomic E-state index is 12.8. The minimum atomic E-state index is -4.47. The molecule has 0 amide bonds. The number of nitrogens with zero attached hydrogens (tertiary/aromatic N) is 7. The number of alkyl halides is 3.